The molecule has 0 bridgehead atoms. The number of nitrogens with one attached hydrogen (secondary N) is 1. The minimum absolute atomic E-state index is 0.613. The monoisotopic (exact) mass is 555 g/mol. The van der Waals surface area contributed by atoms with E-state index in [1.54, 1.807) is 11.9 Å². The third kappa shape index (κ3) is 7.73. The summed E-state index contributed by atoms with van der Waals surface area (Å²) in [5.41, 5.74) is 7.48. The molecule has 1 atom stereocenters. The molecule has 2 aliphatic rings. The SMILES string of the molecule is CC.Cc1cc(NSCC2CCCCC2)c(C)c(C(OC(C)(C)C)C(=O)O)c1-c1ccc2c(c1C)CCCO2. The molecule has 1 aliphatic carbocycles. The number of aryl methyl sites for hydroxylation is 1. The van der Waals surface area contributed by atoms with Gasteiger partial charge in [0.05, 0.1) is 12.2 Å². The Hall–Kier alpha value is -2.18. The highest BCUT2D eigenvalue weighted by Gasteiger charge is 2.33. The lowest BCUT2D eigenvalue weighted by Crippen LogP contribution is -2.28. The minimum Gasteiger partial charge on any atom is -0.493 e. The summed E-state index contributed by atoms with van der Waals surface area (Å²) in [5, 5.41) is 10.4. The molecule has 1 aliphatic heterocycles. The highest BCUT2D eigenvalue weighted by Crippen LogP contribution is 2.44. The van der Waals surface area contributed by atoms with E-state index in [0.29, 0.717) is 0 Å². The van der Waals surface area contributed by atoms with Crippen molar-refractivity contribution in [3.05, 3.63) is 46.0 Å². The molecule has 0 amide bonds. The zero-order valence-electron chi connectivity index (χ0n) is 25.3. The maximum Gasteiger partial charge on any atom is 0.337 e. The zero-order valence-corrected chi connectivity index (χ0v) is 26.1. The van der Waals surface area contributed by atoms with Gasteiger partial charge in [0, 0.05) is 17.0 Å². The van der Waals surface area contributed by atoms with Crippen LogP contribution in [0.2, 0.25) is 0 Å². The lowest BCUT2D eigenvalue weighted by atomic mass is 9.84. The van der Waals surface area contributed by atoms with Crippen LogP contribution in [0.5, 0.6) is 5.75 Å². The Morgan fingerprint density at radius 1 is 1.10 bits per heavy atom. The summed E-state index contributed by atoms with van der Waals surface area (Å²) in [5.74, 6) is 1.80. The topological polar surface area (TPSA) is 67.8 Å². The van der Waals surface area contributed by atoms with Crippen molar-refractivity contribution in [3.8, 4) is 16.9 Å². The van der Waals surface area contributed by atoms with Crippen LogP contribution < -0.4 is 9.46 Å². The highest BCUT2D eigenvalue weighted by atomic mass is 32.2. The number of ether oxygens (including phenoxy) is 2. The molecule has 4 rings (SSSR count). The number of carboxylic acid groups (broad SMARTS) is 1. The molecule has 2 aromatic rings. The maximum atomic E-state index is 12.7. The molecule has 0 aromatic heterocycles. The second kappa shape index (κ2) is 13.9. The van der Waals surface area contributed by atoms with Crippen LogP contribution in [0, 0.1) is 26.7 Å². The summed E-state index contributed by atoms with van der Waals surface area (Å²) in [7, 11) is 0. The maximum absolute atomic E-state index is 12.7. The number of benzene rings is 2. The van der Waals surface area contributed by atoms with Gasteiger partial charge >= 0.3 is 5.97 Å². The number of fused-ring (bicyclic) bond motifs is 1. The third-order valence-corrected chi connectivity index (χ3v) is 8.67. The standard InChI is InChI=1S/C31H43NO4S.C2H6/c1-19-17-25(32-37-18-22-11-8-7-9-12-22)21(3)28(29(30(33)34)36-31(4,5)6)27(19)24-14-15-26-23(20(24)2)13-10-16-35-26;1-2/h14-15,17,22,29,32H,7-13,16,18H2,1-6H3,(H,33,34);1-2H3. The summed E-state index contributed by atoms with van der Waals surface area (Å²) in [6.45, 7) is 16.7. The third-order valence-electron chi connectivity index (χ3n) is 7.67. The van der Waals surface area contributed by atoms with E-state index in [2.05, 4.69) is 30.7 Å². The normalized spacial score (nSPS) is 16.4. The Morgan fingerprint density at radius 3 is 2.44 bits per heavy atom. The van der Waals surface area contributed by atoms with Gasteiger partial charge in [-0.3, -0.25) is 0 Å². The second-order valence-electron chi connectivity index (χ2n) is 11.7. The van der Waals surface area contributed by atoms with Crippen molar-refractivity contribution in [2.24, 2.45) is 5.92 Å². The first-order valence-electron chi connectivity index (χ1n) is 14.7. The quantitative estimate of drug-likeness (QED) is 0.317. The Bertz CT molecular complexity index is 1130. The molecule has 216 valence electrons. The molecule has 1 heterocycles. The van der Waals surface area contributed by atoms with Crippen LogP contribution in [0.15, 0.2) is 18.2 Å². The van der Waals surface area contributed by atoms with Gasteiger partial charge in [0.25, 0.3) is 0 Å². The van der Waals surface area contributed by atoms with E-state index < -0.39 is 17.7 Å². The van der Waals surface area contributed by atoms with Crippen molar-refractivity contribution in [2.75, 3.05) is 17.1 Å². The van der Waals surface area contributed by atoms with Crippen LogP contribution in [-0.4, -0.2) is 29.0 Å². The summed E-state index contributed by atoms with van der Waals surface area (Å²) in [6, 6.07) is 6.31. The van der Waals surface area contributed by atoms with Gasteiger partial charge in [-0.25, -0.2) is 4.79 Å². The number of anilines is 1. The lowest BCUT2D eigenvalue weighted by molar-refractivity contribution is -0.160. The minimum atomic E-state index is -1.08. The van der Waals surface area contributed by atoms with Crippen molar-refractivity contribution in [1.82, 2.24) is 0 Å². The van der Waals surface area contributed by atoms with Gasteiger partial charge in [-0.1, -0.05) is 51.1 Å². The van der Waals surface area contributed by atoms with E-state index in [4.69, 9.17) is 9.47 Å². The average molecular weight is 556 g/mol. The van der Waals surface area contributed by atoms with Gasteiger partial charge in [-0.15, -0.1) is 0 Å². The van der Waals surface area contributed by atoms with E-state index >= 15 is 0 Å². The van der Waals surface area contributed by atoms with Crippen LogP contribution in [0.1, 0.15) is 107 Å². The van der Waals surface area contributed by atoms with Gasteiger partial charge in [0.15, 0.2) is 6.10 Å². The van der Waals surface area contributed by atoms with Crippen LogP contribution in [0.3, 0.4) is 0 Å². The van der Waals surface area contributed by atoms with Gasteiger partial charge < -0.3 is 19.3 Å². The molecule has 1 fully saturated rings. The molecule has 0 radical (unpaired) electrons. The zero-order chi connectivity index (χ0) is 28.7. The molecule has 2 aromatic carbocycles. The van der Waals surface area contributed by atoms with Gasteiger partial charge in [-0.05, 0) is 119 Å². The Labute approximate surface area is 240 Å². The van der Waals surface area contributed by atoms with Crippen molar-refractivity contribution in [3.63, 3.8) is 0 Å². The number of rotatable bonds is 8. The number of hydrogen-bond donors (Lipinski definition) is 2. The molecule has 1 unspecified atom stereocenters. The van der Waals surface area contributed by atoms with E-state index in [1.165, 1.54) is 37.7 Å². The number of aliphatic carboxylic acids is 1. The van der Waals surface area contributed by atoms with Crippen molar-refractivity contribution in [2.45, 2.75) is 112 Å². The van der Waals surface area contributed by atoms with E-state index in [1.807, 2.05) is 47.6 Å². The van der Waals surface area contributed by atoms with Crippen molar-refractivity contribution >= 4 is 23.6 Å². The van der Waals surface area contributed by atoms with Gasteiger partial charge in [0.2, 0.25) is 0 Å². The van der Waals surface area contributed by atoms with Crippen LogP contribution in [0.25, 0.3) is 11.1 Å². The number of hydrogen-bond acceptors (Lipinski definition) is 5. The van der Waals surface area contributed by atoms with Crippen LogP contribution >= 0.6 is 11.9 Å². The highest BCUT2D eigenvalue weighted by molar-refractivity contribution is 8.00. The Balaban J connectivity index is 0.00000205. The average Bonchev–Trinajstić information content (AvgIpc) is 2.91. The first kappa shape index (κ1) is 31.3. The molecule has 1 saturated carbocycles. The lowest BCUT2D eigenvalue weighted by Gasteiger charge is -2.30. The second-order valence-corrected chi connectivity index (χ2v) is 12.5. The Kier molecular flexibility index (Phi) is 11.2. The molecule has 6 heteroatoms. The Morgan fingerprint density at radius 2 is 1.79 bits per heavy atom. The van der Waals surface area contributed by atoms with E-state index in [9.17, 15) is 9.90 Å². The number of carboxylic acids is 1. The molecule has 0 saturated heterocycles. The first-order valence-corrected chi connectivity index (χ1v) is 15.7. The fourth-order valence-corrected chi connectivity index (χ4v) is 6.81. The van der Waals surface area contributed by atoms with Crippen molar-refractivity contribution < 1.29 is 19.4 Å². The smallest absolute Gasteiger partial charge is 0.337 e. The summed E-state index contributed by atoms with van der Waals surface area (Å²) < 4.78 is 15.7. The molecule has 2 N–H and O–H groups in total. The molecule has 39 heavy (non-hydrogen) atoms. The van der Waals surface area contributed by atoms with Gasteiger partial charge in [-0.2, -0.15) is 0 Å². The molecule has 5 nitrogen and oxygen atoms in total. The van der Waals surface area contributed by atoms with Crippen LogP contribution in [0.4, 0.5) is 5.69 Å². The first-order chi connectivity index (χ1) is 18.6. The molecular formula is C33H49NO4S. The molecule has 0 spiro atoms. The summed E-state index contributed by atoms with van der Waals surface area (Å²) >= 11 is 1.75. The predicted octanol–water partition coefficient (Wildman–Crippen LogP) is 9.21. The van der Waals surface area contributed by atoms with E-state index in [-0.39, 0.29) is 0 Å². The van der Waals surface area contributed by atoms with Gasteiger partial charge in [0.1, 0.15) is 5.75 Å². The number of carbonyl (C=O) groups is 1. The molecular weight excluding hydrogens is 506 g/mol. The van der Waals surface area contributed by atoms with Crippen LogP contribution in [-0.2, 0) is 16.0 Å². The predicted molar refractivity (Wildman–Crippen MR) is 165 cm³/mol. The summed E-state index contributed by atoms with van der Waals surface area (Å²) in [6.07, 6.45) is 7.52. The fourth-order valence-electron chi connectivity index (χ4n) is 5.79. The summed E-state index contributed by atoms with van der Waals surface area (Å²) in [4.78, 5) is 12.7. The largest absolute Gasteiger partial charge is 0.493 e. The fraction of sp³-hybridized carbons (Fsp3) is 0.606. The van der Waals surface area contributed by atoms with Crippen molar-refractivity contribution in [1.29, 1.82) is 0 Å². The van der Waals surface area contributed by atoms with E-state index in [0.717, 1.165) is 75.9 Å².